The fourth-order valence-electron chi connectivity index (χ4n) is 2.31. The van der Waals surface area contributed by atoms with Gasteiger partial charge in [0.2, 0.25) is 0 Å². The quantitative estimate of drug-likeness (QED) is 0.870. The monoisotopic (exact) mass is 239 g/mol. The summed E-state index contributed by atoms with van der Waals surface area (Å²) in [5, 5.41) is 3.37. The molecule has 18 heavy (non-hydrogen) atoms. The molecule has 3 heteroatoms. The van der Waals surface area contributed by atoms with E-state index in [-0.39, 0.29) is 0 Å². The molecule has 1 aliphatic rings. The van der Waals surface area contributed by atoms with Crippen LogP contribution < -0.4 is 10.2 Å². The summed E-state index contributed by atoms with van der Waals surface area (Å²) in [5.74, 6) is 0. The van der Waals surface area contributed by atoms with Crippen molar-refractivity contribution in [3.8, 4) is 11.3 Å². The predicted molar refractivity (Wildman–Crippen MR) is 74.8 cm³/mol. The number of rotatable bonds is 2. The number of benzene rings is 1. The van der Waals surface area contributed by atoms with E-state index in [4.69, 9.17) is 0 Å². The van der Waals surface area contributed by atoms with Gasteiger partial charge < -0.3 is 10.2 Å². The molecule has 92 valence electrons. The number of pyridine rings is 1. The van der Waals surface area contributed by atoms with Crippen molar-refractivity contribution < 1.29 is 0 Å². The van der Waals surface area contributed by atoms with Crippen LogP contribution in [0.5, 0.6) is 0 Å². The lowest BCUT2D eigenvalue weighted by Gasteiger charge is -2.29. The molecule has 1 fully saturated rings. The molecule has 0 radical (unpaired) electrons. The Morgan fingerprint density at radius 3 is 2.56 bits per heavy atom. The zero-order valence-corrected chi connectivity index (χ0v) is 10.3. The van der Waals surface area contributed by atoms with E-state index in [0.717, 1.165) is 31.9 Å². The third-order valence-corrected chi connectivity index (χ3v) is 3.30. The van der Waals surface area contributed by atoms with Gasteiger partial charge in [-0.15, -0.1) is 0 Å². The van der Waals surface area contributed by atoms with Crippen molar-refractivity contribution >= 4 is 5.69 Å². The SMILES string of the molecule is c1ccc(-c2cc(N3CCNCC3)ccn2)cc1. The first-order valence-electron chi connectivity index (χ1n) is 6.41. The molecule has 1 aromatic heterocycles. The molecule has 0 unspecified atom stereocenters. The maximum Gasteiger partial charge on any atom is 0.0722 e. The molecule has 1 saturated heterocycles. The van der Waals surface area contributed by atoms with Crippen LogP contribution in [0.2, 0.25) is 0 Å². The second kappa shape index (κ2) is 5.19. The Morgan fingerprint density at radius 2 is 1.78 bits per heavy atom. The normalized spacial score (nSPS) is 15.7. The average molecular weight is 239 g/mol. The van der Waals surface area contributed by atoms with Gasteiger partial charge in [0, 0.05) is 43.6 Å². The second-order valence-electron chi connectivity index (χ2n) is 4.50. The molecular formula is C15H17N3. The van der Waals surface area contributed by atoms with Crippen molar-refractivity contribution in [2.24, 2.45) is 0 Å². The molecule has 0 aliphatic carbocycles. The van der Waals surface area contributed by atoms with Gasteiger partial charge in [0.25, 0.3) is 0 Å². The van der Waals surface area contributed by atoms with Crippen molar-refractivity contribution in [2.45, 2.75) is 0 Å². The van der Waals surface area contributed by atoms with Crippen LogP contribution in [-0.2, 0) is 0 Å². The van der Waals surface area contributed by atoms with Gasteiger partial charge in [-0.2, -0.15) is 0 Å². The van der Waals surface area contributed by atoms with Gasteiger partial charge >= 0.3 is 0 Å². The summed E-state index contributed by atoms with van der Waals surface area (Å²) in [5.41, 5.74) is 3.49. The molecule has 3 rings (SSSR count). The van der Waals surface area contributed by atoms with Crippen LogP contribution in [0.15, 0.2) is 48.7 Å². The molecule has 2 heterocycles. The Kier molecular flexibility index (Phi) is 3.24. The number of hydrogen-bond acceptors (Lipinski definition) is 3. The molecule has 1 aliphatic heterocycles. The molecule has 2 aromatic rings. The van der Waals surface area contributed by atoms with E-state index in [9.17, 15) is 0 Å². The summed E-state index contributed by atoms with van der Waals surface area (Å²) in [6, 6.07) is 14.6. The first-order valence-corrected chi connectivity index (χ1v) is 6.41. The summed E-state index contributed by atoms with van der Waals surface area (Å²) in [6.45, 7) is 4.25. The zero-order chi connectivity index (χ0) is 12.2. The first-order chi connectivity index (χ1) is 8.93. The average Bonchev–Trinajstić information content (AvgIpc) is 2.49. The fourth-order valence-corrected chi connectivity index (χ4v) is 2.31. The van der Waals surface area contributed by atoms with Crippen LogP contribution in [0.1, 0.15) is 0 Å². The third-order valence-electron chi connectivity index (χ3n) is 3.30. The number of nitrogens with one attached hydrogen (secondary N) is 1. The molecule has 1 aromatic carbocycles. The smallest absolute Gasteiger partial charge is 0.0722 e. The number of hydrogen-bond donors (Lipinski definition) is 1. The number of piperazine rings is 1. The highest BCUT2D eigenvalue weighted by atomic mass is 15.2. The molecule has 0 spiro atoms. The number of aromatic nitrogens is 1. The van der Waals surface area contributed by atoms with Crippen molar-refractivity contribution in [1.82, 2.24) is 10.3 Å². The lowest BCUT2D eigenvalue weighted by molar-refractivity contribution is 0.589. The predicted octanol–water partition coefficient (Wildman–Crippen LogP) is 2.16. The molecule has 0 bridgehead atoms. The van der Waals surface area contributed by atoms with E-state index in [0.29, 0.717) is 0 Å². The maximum atomic E-state index is 4.46. The second-order valence-corrected chi connectivity index (χ2v) is 4.50. The highest BCUT2D eigenvalue weighted by molar-refractivity contribution is 5.64. The van der Waals surface area contributed by atoms with Gasteiger partial charge in [0.05, 0.1) is 5.69 Å². The first kappa shape index (κ1) is 11.2. The van der Waals surface area contributed by atoms with Gasteiger partial charge in [-0.05, 0) is 12.1 Å². The van der Waals surface area contributed by atoms with E-state index in [1.807, 2.05) is 12.3 Å². The highest BCUT2D eigenvalue weighted by Crippen LogP contribution is 2.22. The summed E-state index contributed by atoms with van der Waals surface area (Å²) >= 11 is 0. The Bertz CT molecular complexity index is 504. The standard InChI is InChI=1S/C15H17N3/c1-2-4-13(5-3-1)15-12-14(6-7-17-15)18-10-8-16-9-11-18/h1-7,12,16H,8-11H2. The van der Waals surface area contributed by atoms with Crippen LogP contribution in [0.25, 0.3) is 11.3 Å². The maximum absolute atomic E-state index is 4.46. The minimum atomic E-state index is 1.05. The molecule has 3 nitrogen and oxygen atoms in total. The minimum Gasteiger partial charge on any atom is -0.369 e. The van der Waals surface area contributed by atoms with E-state index < -0.39 is 0 Å². The molecule has 0 amide bonds. The summed E-state index contributed by atoms with van der Waals surface area (Å²) < 4.78 is 0. The zero-order valence-electron chi connectivity index (χ0n) is 10.3. The molecule has 1 N–H and O–H groups in total. The van der Waals surface area contributed by atoms with Gasteiger partial charge in [0.1, 0.15) is 0 Å². The third kappa shape index (κ3) is 2.36. The minimum absolute atomic E-state index is 1.05. The summed E-state index contributed by atoms with van der Waals surface area (Å²) in [4.78, 5) is 6.87. The van der Waals surface area contributed by atoms with E-state index in [1.165, 1.54) is 11.3 Å². The largest absolute Gasteiger partial charge is 0.369 e. The van der Waals surface area contributed by atoms with Crippen LogP contribution in [0.4, 0.5) is 5.69 Å². The van der Waals surface area contributed by atoms with Gasteiger partial charge in [-0.1, -0.05) is 30.3 Å². The summed E-state index contributed by atoms with van der Waals surface area (Å²) in [6.07, 6.45) is 1.90. The Hall–Kier alpha value is -1.87. The molecule has 0 atom stereocenters. The van der Waals surface area contributed by atoms with Crippen LogP contribution in [0, 0.1) is 0 Å². The van der Waals surface area contributed by atoms with E-state index in [2.05, 4.69) is 51.6 Å². The number of nitrogens with zero attached hydrogens (tertiary/aromatic N) is 2. The van der Waals surface area contributed by atoms with Crippen LogP contribution in [-0.4, -0.2) is 31.2 Å². The Labute approximate surface area is 107 Å². The van der Waals surface area contributed by atoms with E-state index in [1.54, 1.807) is 0 Å². The topological polar surface area (TPSA) is 28.2 Å². The number of anilines is 1. The van der Waals surface area contributed by atoms with Crippen molar-refractivity contribution in [3.63, 3.8) is 0 Å². The highest BCUT2D eigenvalue weighted by Gasteiger charge is 2.11. The van der Waals surface area contributed by atoms with E-state index >= 15 is 0 Å². The lowest BCUT2D eigenvalue weighted by Crippen LogP contribution is -2.43. The van der Waals surface area contributed by atoms with Gasteiger partial charge in [0.15, 0.2) is 0 Å². The van der Waals surface area contributed by atoms with Crippen LogP contribution in [0.3, 0.4) is 0 Å². The van der Waals surface area contributed by atoms with Gasteiger partial charge in [-0.25, -0.2) is 0 Å². The molecular weight excluding hydrogens is 222 g/mol. The Balaban J connectivity index is 1.89. The van der Waals surface area contributed by atoms with Crippen molar-refractivity contribution in [2.75, 3.05) is 31.1 Å². The van der Waals surface area contributed by atoms with Crippen LogP contribution >= 0.6 is 0 Å². The Morgan fingerprint density at radius 1 is 1.00 bits per heavy atom. The van der Waals surface area contributed by atoms with Crippen molar-refractivity contribution in [3.05, 3.63) is 48.7 Å². The lowest BCUT2D eigenvalue weighted by atomic mass is 10.1. The molecule has 0 saturated carbocycles. The van der Waals surface area contributed by atoms with Crippen molar-refractivity contribution in [1.29, 1.82) is 0 Å². The summed E-state index contributed by atoms with van der Waals surface area (Å²) in [7, 11) is 0. The van der Waals surface area contributed by atoms with Gasteiger partial charge in [-0.3, -0.25) is 4.98 Å². The fraction of sp³-hybridized carbons (Fsp3) is 0.267.